The Morgan fingerprint density at radius 3 is 3.06 bits per heavy atom. The van der Waals surface area contributed by atoms with Gasteiger partial charge in [0.1, 0.15) is 0 Å². The highest BCUT2D eigenvalue weighted by Crippen LogP contribution is 2.14. The highest BCUT2D eigenvalue weighted by atomic mass is 32.1. The summed E-state index contributed by atoms with van der Waals surface area (Å²) in [6, 6.07) is 2.54. The van der Waals surface area contributed by atoms with E-state index in [1.165, 1.54) is 5.56 Å². The lowest BCUT2D eigenvalue weighted by Gasteiger charge is -2.33. The molecule has 4 heteroatoms. The largest absolute Gasteiger partial charge is 0.341 e. The fourth-order valence-corrected chi connectivity index (χ4v) is 3.12. The molecule has 0 saturated carbocycles. The summed E-state index contributed by atoms with van der Waals surface area (Å²) in [6.07, 6.45) is 3.06. The third-order valence-corrected chi connectivity index (χ3v) is 4.05. The third kappa shape index (κ3) is 3.56. The van der Waals surface area contributed by atoms with Crippen molar-refractivity contribution >= 4 is 17.2 Å². The van der Waals surface area contributed by atoms with Crippen LogP contribution in [0.15, 0.2) is 16.8 Å². The molecular formula is C14H22N2OS. The van der Waals surface area contributed by atoms with Gasteiger partial charge in [0.2, 0.25) is 5.91 Å². The maximum atomic E-state index is 12.3. The van der Waals surface area contributed by atoms with Gasteiger partial charge in [0.25, 0.3) is 0 Å². The fraction of sp³-hybridized carbons (Fsp3) is 0.643. The van der Waals surface area contributed by atoms with Crippen molar-refractivity contribution in [3.8, 4) is 0 Å². The molecule has 1 fully saturated rings. The summed E-state index contributed by atoms with van der Waals surface area (Å²) in [4.78, 5) is 14.3. The maximum absolute atomic E-state index is 12.3. The lowest BCUT2D eigenvalue weighted by atomic mass is 10.0. The zero-order valence-electron chi connectivity index (χ0n) is 11.2. The molecule has 0 radical (unpaired) electrons. The minimum atomic E-state index is 0.0289. The first-order chi connectivity index (χ1) is 8.66. The Labute approximate surface area is 113 Å². The quantitative estimate of drug-likeness (QED) is 0.887. The van der Waals surface area contributed by atoms with Crippen LogP contribution in [0.2, 0.25) is 0 Å². The van der Waals surface area contributed by atoms with Gasteiger partial charge < -0.3 is 10.2 Å². The number of hydrogen-bond acceptors (Lipinski definition) is 3. The Bertz CT molecular complexity index is 375. The smallest absolute Gasteiger partial charge is 0.239 e. The van der Waals surface area contributed by atoms with Crippen LogP contribution in [0.1, 0.15) is 32.3 Å². The molecule has 1 aromatic heterocycles. The zero-order chi connectivity index (χ0) is 13.0. The van der Waals surface area contributed by atoms with Crippen LogP contribution in [0.5, 0.6) is 0 Å². The molecule has 1 N–H and O–H groups in total. The first-order valence-electron chi connectivity index (χ1n) is 6.72. The van der Waals surface area contributed by atoms with Crippen molar-refractivity contribution in [2.75, 3.05) is 13.1 Å². The standard InChI is InChI=1S/C14H22N2OS/c1-11(2)15-13-4-3-7-16(14(13)17)8-5-12-6-9-18-10-12/h6,9-11,13,15H,3-5,7-8H2,1-2H3. The second-order valence-electron chi connectivity index (χ2n) is 5.22. The fourth-order valence-electron chi connectivity index (χ4n) is 2.42. The van der Waals surface area contributed by atoms with Crippen LogP contribution in [-0.2, 0) is 11.2 Å². The van der Waals surface area contributed by atoms with Gasteiger partial charge in [0, 0.05) is 19.1 Å². The zero-order valence-corrected chi connectivity index (χ0v) is 12.0. The van der Waals surface area contributed by atoms with E-state index in [0.29, 0.717) is 6.04 Å². The van der Waals surface area contributed by atoms with Crippen molar-refractivity contribution in [1.29, 1.82) is 0 Å². The van der Waals surface area contributed by atoms with Gasteiger partial charge in [-0.15, -0.1) is 0 Å². The number of hydrogen-bond donors (Lipinski definition) is 1. The SMILES string of the molecule is CC(C)NC1CCCN(CCc2ccsc2)C1=O. The number of amides is 1. The lowest BCUT2D eigenvalue weighted by molar-refractivity contribution is -0.136. The van der Waals surface area contributed by atoms with E-state index in [2.05, 4.69) is 36.0 Å². The maximum Gasteiger partial charge on any atom is 0.239 e. The molecule has 0 bridgehead atoms. The molecule has 1 saturated heterocycles. The molecule has 1 unspecified atom stereocenters. The van der Waals surface area contributed by atoms with Crippen LogP contribution in [0.3, 0.4) is 0 Å². The Hall–Kier alpha value is -0.870. The number of likely N-dealkylation sites (tertiary alicyclic amines) is 1. The van der Waals surface area contributed by atoms with E-state index in [-0.39, 0.29) is 11.9 Å². The van der Waals surface area contributed by atoms with Crippen LogP contribution >= 0.6 is 11.3 Å². The van der Waals surface area contributed by atoms with Crippen molar-refractivity contribution in [3.05, 3.63) is 22.4 Å². The van der Waals surface area contributed by atoms with E-state index >= 15 is 0 Å². The van der Waals surface area contributed by atoms with E-state index in [9.17, 15) is 4.79 Å². The molecule has 100 valence electrons. The molecule has 1 amide bonds. The minimum absolute atomic E-state index is 0.0289. The van der Waals surface area contributed by atoms with E-state index in [4.69, 9.17) is 0 Å². The summed E-state index contributed by atoms with van der Waals surface area (Å²) in [5.41, 5.74) is 1.34. The van der Waals surface area contributed by atoms with Crippen LogP contribution in [-0.4, -0.2) is 36.0 Å². The number of nitrogens with one attached hydrogen (secondary N) is 1. The van der Waals surface area contributed by atoms with Gasteiger partial charge in [-0.1, -0.05) is 13.8 Å². The molecule has 18 heavy (non-hydrogen) atoms. The van der Waals surface area contributed by atoms with Crippen molar-refractivity contribution in [2.24, 2.45) is 0 Å². The monoisotopic (exact) mass is 266 g/mol. The summed E-state index contributed by atoms with van der Waals surface area (Å²) in [5, 5.41) is 7.62. The summed E-state index contributed by atoms with van der Waals surface area (Å²) in [7, 11) is 0. The van der Waals surface area contributed by atoms with E-state index in [1.807, 2.05) is 4.90 Å². The number of carbonyl (C=O) groups excluding carboxylic acids is 1. The number of carbonyl (C=O) groups is 1. The lowest BCUT2D eigenvalue weighted by Crippen LogP contribution is -2.52. The summed E-state index contributed by atoms with van der Waals surface area (Å²) in [6.45, 7) is 5.96. The Balaban J connectivity index is 1.86. The van der Waals surface area contributed by atoms with Gasteiger partial charge >= 0.3 is 0 Å². The van der Waals surface area contributed by atoms with Crippen molar-refractivity contribution in [1.82, 2.24) is 10.2 Å². The number of nitrogens with zero attached hydrogens (tertiary/aromatic N) is 1. The third-order valence-electron chi connectivity index (χ3n) is 3.32. The molecule has 0 aromatic carbocycles. The van der Waals surface area contributed by atoms with Crippen LogP contribution < -0.4 is 5.32 Å². The molecule has 1 aliphatic heterocycles. The average Bonchev–Trinajstić information content (AvgIpc) is 2.83. The number of thiophene rings is 1. The molecule has 2 heterocycles. The van der Waals surface area contributed by atoms with Crippen molar-refractivity contribution < 1.29 is 4.79 Å². The second kappa shape index (κ2) is 6.34. The number of rotatable bonds is 5. The van der Waals surface area contributed by atoms with Gasteiger partial charge in [0.15, 0.2) is 0 Å². The molecule has 0 aliphatic carbocycles. The molecule has 1 atom stereocenters. The highest BCUT2D eigenvalue weighted by molar-refractivity contribution is 7.07. The molecule has 1 aliphatic rings. The molecule has 3 nitrogen and oxygen atoms in total. The van der Waals surface area contributed by atoms with Gasteiger partial charge in [-0.3, -0.25) is 4.79 Å². The molecule has 2 rings (SSSR count). The second-order valence-corrected chi connectivity index (χ2v) is 6.00. The van der Waals surface area contributed by atoms with Crippen molar-refractivity contribution in [3.63, 3.8) is 0 Å². The summed E-state index contributed by atoms with van der Waals surface area (Å²) >= 11 is 1.72. The van der Waals surface area contributed by atoms with Crippen molar-refractivity contribution in [2.45, 2.75) is 45.2 Å². The Morgan fingerprint density at radius 2 is 2.39 bits per heavy atom. The van der Waals surface area contributed by atoms with Gasteiger partial charge in [-0.2, -0.15) is 11.3 Å². The van der Waals surface area contributed by atoms with Gasteiger partial charge in [0.05, 0.1) is 6.04 Å². The molecule has 0 spiro atoms. The van der Waals surface area contributed by atoms with Gasteiger partial charge in [-0.25, -0.2) is 0 Å². The Kier molecular flexibility index (Phi) is 4.78. The van der Waals surface area contributed by atoms with E-state index < -0.39 is 0 Å². The predicted octanol–water partition coefficient (Wildman–Crippen LogP) is 2.28. The molecule has 1 aromatic rings. The minimum Gasteiger partial charge on any atom is -0.341 e. The topological polar surface area (TPSA) is 32.3 Å². The highest BCUT2D eigenvalue weighted by Gasteiger charge is 2.28. The first kappa shape index (κ1) is 13.6. The number of piperidine rings is 1. The summed E-state index contributed by atoms with van der Waals surface area (Å²) in [5.74, 6) is 0.283. The normalized spacial score (nSPS) is 20.7. The molecular weight excluding hydrogens is 244 g/mol. The first-order valence-corrected chi connectivity index (χ1v) is 7.67. The summed E-state index contributed by atoms with van der Waals surface area (Å²) < 4.78 is 0. The van der Waals surface area contributed by atoms with Crippen LogP contribution in [0.25, 0.3) is 0 Å². The predicted molar refractivity (Wildman–Crippen MR) is 75.9 cm³/mol. The van der Waals surface area contributed by atoms with Crippen LogP contribution in [0, 0.1) is 0 Å². The average molecular weight is 266 g/mol. The van der Waals surface area contributed by atoms with E-state index in [1.54, 1.807) is 11.3 Å². The van der Waals surface area contributed by atoms with E-state index in [0.717, 1.165) is 32.4 Å². The Morgan fingerprint density at radius 1 is 1.56 bits per heavy atom. The van der Waals surface area contributed by atoms with Crippen LogP contribution in [0.4, 0.5) is 0 Å². The van der Waals surface area contributed by atoms with Gasteiger partial charge in [-0.05, 0) is 41.7 Å².